The lowest BCUT2D eigenvalue weighted by Gasteiger charge is -2.22. The first-order valence-corrected chi connectivity index (χ1v) is 7.67. The molecule has 0 aliphatic heterocycles. The number of benzene rings is 1. The van der Waals surface area contributed by atoms with E-state index in [0.717, 1.165) is 22.6 Å². The molecule has 1 aromatic heterocycles. The molecule has 3 N–H and O–H groups in total. The van der Waals surface area contributed by atoms with Crippen molar-refractivity contribution in [1.29, 1.82) is 0 Å². The molecule has 0 saturated heterocycles. The van der Waals surface area contributed by atoms with Crippen LogP contribution in [0.3, 0.4) is 0 Å². The van der Waals surface area contributed by atoms with Crippen LogP contribution in [0.15, 0.2) is 35.7 Å². The third-order valence-electron chi connectivity index (χ3n) is 3.61. The van der Waals surface area contributed by atoms with Crippen molar-refractivity contribution in [3.63, 3.8) is 0 Å². The van der Waals surface area contributed by atoms with Gasteiger partial charge in [-0.25, -0.2) is 0 Å². The molecule has 0 fully saturated rings. The average molecular weight is 291 g/mol. The highest BCUT2D eigenvalue weighted by molar-refractivity contribution is 7.10. The fourth-order valence-corrected chi connectivity index (χ4v) is 3.43. The van der Waals surface area contributed by atoms with Gasteiger partial charge in [-0.3, -0.25) is 0 Å². The van der Waals surface area contributed by atoms with Crippen LogP contribution in [0.25, 0.3) is 0 Å². The average Bonchev–Trinajstić information content (AvgIpc) is 2.97. The molecular formula is C16H21NO2S. The Kier molecular flexibility index (Phi) is 5.17. The molecule has 0 saturated carbocycles. The first-order chi connectivity index (χ1) is 9.71. The maximum Gasteiger partial charge on any atom is 0.118 e. The lowest BCUT2D eigenvalue weighted by molar-refractivity contribution is 0.150. The summed E-state index contributed by atoms with van der Waals surface area (Å²) in [6, 6.07) is 9.82. The van der Waals surface area contributed by atoms with E-state index in [-0.39, 0.29) is 5.92 Å². The van der Waals surface area contributed by atoms with Crippen molar-refractivity contribution in [2.45, 2.75) is 25.4 Å². The molecule has 0 bridgehead atoms. The van der Waals surface area contributed by atoms with Gasteiger partial charge in [-0.05, 0) is 41.1 Å². The molecule has 108 valence electrons. The number of aliphatic hydroxyl groups excluding tert-OH is 1. The summed E-state index contributed by atoms with van der Waals surface area (Å²) in [6.07, 6.45) is 0.374. The molecule has 1 aromatic carbocycles. The van der Waals surface area contributed by atoms with Crippen LogP contribution in [0.1, 0.15) is 34.9 Å². The summed E-state index contributed by atoms with van der Waals surface area (Å²) in [7, 11) is 1.64. The smallest absolute Gasteiger partial charge is 0.118 e. The molecular weight excluding hydrogens is 270 g/mol. The predicted molar refractivity (Wildman–Crippen MR) is 83.4 cm³/mol. The van der Waals surface area contributed by atoms with Gasteiger partial charge in [0.15, 0.2) is 0 Å². The number of thiophene rings is 1. The Balaban J connectivity index is 2.26. The maximum absolute atomic E-state index is 10.7. The zero-order valence-electron chi connectivity index (χ0n) is 11.9. The molecule has 0 spiro atoms. The minimum absolute atomic E-state index is 0.0927. The highest BCUT2D eigenvalue weighted by atomic mass is 32.1. The van der Waals surface area contributed by atoms with Crippen molar-refractivity contribution in [2.24, 2.45) is 5.73 Å². The lowest BCUT2D eigenvalue weighted by Crippen LogP contribution is -2.20. The number of aliphatic hydroxyl groups is 1. The quantitative estimate of drug-likeness (QED) is 0.860. The van der Waals surface area contributed by atoms with E-state index in [1.165, 1.54) is 5.56 Å². The molecule has 2 unspecified atom stereocenters. The summed E-state index contributed by atoms with van der Waals surface area (Å²) >= 11 is 1.60. The van der Waals surface area contributed by atoms with E-state index in [1.54, 1.807) is 18.4 Å². The first kappa shape index (κ1) is 15.0. The van der Waals surface area contributed by atoms with E-state index in [0.29, 0.717) is 6.54 Å². The fourth-order valence-electron chi connectivity index (χ4n) is 2.38. The Labute approximate surface area is 124 Å². The molecule has 2 aromatic rings. The van der Waals surface area contributed by atoms with Crippen molar-refractivity contribution >= 4 is 11.3 Å². The van der Waals surface area contributed by atoms with Crippen molar-refractivity contribution in [3.05, 3.63) is 51.7 Å². The van der Waals surface area contributed by atoms with Gasteiger partial charge >= 0.3 is 0 Å². The standard InChI is InChI=1S/C16H21NO2S/c1-3-11-8-9-20-16(11)15(18)14(10-17)12-4-6-13(19-2)7-5-12/h4-9,14-15,18H,3,10,17H2,1-2H3. The number of hydrogen-bond acceptors (Lipinski definition) is 4. The van der Waals surface area contributed by atoms with Gasteiger partial charge in [0.25, 0.3) is 0 Å². The maximum atomic E-state index is 10.7. The summed E-state index contributed by atoms with van der Waals surface area (Å²) in [5.74, 6) is 0.717. The fraction of sp³-hybridized carbons (Fsp3) is 0.375. The van der Waals surface area contributed by atoms with Crippen LogP contribution >= 0.6 is 11.3 Å². The number of hydrogen-bond donors (Lipinski definition) is 2. The van der Waals surface area contributed by atoms with E-state index in [1.807, 2.05) is 29.6 Å². The SMILES string of the molecule is CCc1ccsc1C(O)C(CN)c1ccc(OC)cc1. The van der Waals surface area contributed by atoms with E-state index in [9.17, 15) is 5.11 Å². The van der Waals surface area contributed by atoms with E-state index < -0.39 is 6.10 Å². The number of methoxy groups -OCH3 is 1. The second-order valence-corrected chi connectivity index (χ2v) is 5.67. The summed E-state index contributed by atoms with van der Waals surface area (Å²) in [6.45, 7) is 2.51. The van der Waals surface area contributed by atoms with Gasteiger partial charge in [-0.1, -0.05) is 19.1 Å². The molecule has 0 radical (unpaired) electrons. The molecule has 2 rings (SSSR count). The largest absolute Gasteiger partial charge is 0.497 e. The van der Waals surface area contributed by atoms with Gasteiger partial charge in [0, 0.05) is 17.3 Å². The third-order valence-corrected chi connectivity index (χ3v) is 4.64. The van der Waals surface area contributed by atoms with Gasteiger partial charge in [0.05, 0.1) is 13.2 Å². The molecule has 1 heterocycles. The monoisotopic (exact) mass is 291 g/mol. The Morgan fingerprint density at radius 3 is 2.50 bits per heavy atom. The van der Waals surface area contributed by atoms with Crippen LogP contribution < -0.4 is 10.5 Å². The topological polar surface area (TPSA) is 55.5 Å². The van der Waals surface area contributed by atoms with Crippen LogP contribution in [-0.2, 0) is 6.42 Å². The van der Waals surface area contributed by atoms with Gasteiger partial charge < -0.3 is 15.6 Å². The van der Waals surface area contributed by atoms with Crippen LogP contribution in [0.5, 0.6) is 5.75 Å². The molecule has 3 nitrogen and oxygen atoms in total. The normalized spacial score (nSPS) is 14.0. The number of aryl methyl sites for hydroxylation is 1. The van der Waals surface area contributed by atoms with Gasteiger partial charge in [0.1, 0.15) is 5.75 Å². The van der Waals surface area contributed by atoms with Crippen molar-refractivity contribution in [3.8, 4) is 5.75 Å². The Bertz CT molecular complexity index is 536. The van der Waals surface area contributed by atoms with Gasteiger partial charge in [-0.15, -0.1) is 11.3 Å². The molecule has 4 heteroatoms. The van der Waals surface area contributed by atoms with E-state index in [2.05, 4.69) is 13.0 Å². The minimum atomic E-state index is -0.552. The van der Waals surface area contributed by atoms with Crippen LogP contribution in [-0.4, -0.2) is 18.8 Å². The predicted octanol–water partition coefficient (Wildman–Crippen LogP) is 3.10. The zero-order chi connectivity index (χ0) is 14.5. The van der Waals surface area contributed by atoms with Crippen molar-refractivity contribution in [1.82, 2.24) is 0 Å². The summed E-state index contributed by atoms with van der Waals surface area (Å²) in [5, 5.41) is 12.7. The van der Waals surface area contributed by atoms with Gasteiger partial charge in [0.2, 0.25) is 0 Å². The number of ether oxygens (including phenoxy) is 1. The Morgan fingerprint density at radius 2 is 1.95 bits per heavy atom. The number of rotatable bonds is 6. The summed E-state index contributed by atoms with van der Waals surface area (Å²) < 4.78 is 5.16. The van der Waals surface area contributed by atoms with Gasteiger partial charge in [-0.2, -0.15) is 0 Å². The molecule has 0 amide bonds. The second kappa shape index (κ2) is 6.88. The van der Waals surface area contributed by atoms with Crippen LogP contribution in [0.2, 0.25) is 0 Å². The zero-order valence-corrected chi connectivity index (χ0v) is 12.7. The highest BCUT2D eigenvalue weighted by Gasteiger charge is 2.24. The molecule has 0 aliphatic rings. The highest BCUT2D eigenvalue weighted by Crippen LogP contribution is 2.35. The lowest BCUT2D eigenvalue weighted by atomic mass is 9.91. The van der Waals surface area contributed by atoms with Crippen LogP contribution in [0, 0.1) is 0 Å². The minimum Gasteiger partial charge on any atom is -0.497 e. The molecule has 20 heavy (non-hydrogen) atoms. The van der Waals surface area contributed by atoms with Crippen molar-refractivity contribution < 1.29 is 9.84 Å². The third kappa shape index (κ3) is 3.03. The number of nitrogens with two attached hydrogens (primary N) is 1. The van der Waals surface area contributed by atoms with Crippen LogP contribution in [0.4, 0.5) is 0 Å². The molecule has 2 atom stereocenters. The molecule has 0 aliphatic carbocycles. The van der Waals surface area contributed by atoms with E-state index in [4.69, 9.17) is 10.5 Å². The van der Waals surface area contributed by atoms with E-state index >= 15 is 0 Å². The first-order valence-electron chi connectivity index (χ1n) is 6.79. The van der Waals surface area contributed by atoms with Crippen molar-refractivity contribution in [2.75, 3.05) is 13.7 Å². The summed E-state index contributed by atoms with van der Waals surface area (Å²) in [4.78, 5) is 1.03. The Morgan fingerprint density at radius 1 is 1.25 bits per heavy atom. The summed E-state index contributed by atoms with van der Waals surface area (Å²) in [5.41, 5.74) is 8.13. The Hall–Kier alpha value is -1.36. The second-order valence-electron chi connectivity index (χ2n) is 4.72.